The number of aromatic nitrogens is 2. The average molecular weight is 417 g/mol. The van der Waals surface area contributed by atoms with Crippen molar-refractivity contribution in [1.82, 2.24) is 19.6 Å². The van der Waals surface area contributed by atoms with Crippen LogP contribution in [0.15, 0.2) is 73.1 Å². The molecule has 4 rings (SSSR count). The summed E-state index contributed by atoms with van der Waals surface area (Å²) in [5, 5.41) is 4.13. The Labute approximate surface area is 183 Å². The Morgan fingerprint density at radius 3 is 2.42 bits per heavy atom. The lowest BCUT2D eigenvalue weighted by atomic mass is 9.95. The second-order valence-corrected chi connectivity index (χ2v) is 7.93. The molecule has 1 aliphatic heterocycles. The molecule has 0 radical (unpaired) electrons. The Kier molecular flexibility index (Phi) is 6.46. The smallest absolute Gasteiger partial charge is 0.244 e. The summed E-state index contributed by atoms with van der Waals surface area (Å²) in [6, 6.07) is 20.4. The van der Waals surface area contributed by atoms with E-state index in [0.29, 0.717) is 32.6 Å². The zero-order valence-electron chi connectivity index (χ0n) is 17.9. The molecule has 0 N–H and O–H groups in total. The summed E-state index contributed by atoms with van der Waals surface area (Å²) in [5.41, 5.74) is 3.44. The van der Waals surface area contributed by atoms with E-state index < -0.39 is 0 Å². The van der Waals surface area contributed by atoms with E-state index in [4.69, 9.17) is 0 Å². The lowest BCUT2D eigenvalue weighted by Gasteiger charge is -2.23. The van der Waals surface area contributed by atoms with E-state index in [1.807, 2.05) is 34.9 Å². The van der Waals surface area contributed by atoms with Crippen LogP contribution in [0.25, 0.3) is 11.1 Å². The third kappa shape index (κ3) is 5.02. The third-order valence-corrected chi connectivity index (χ3v) is 5.88. The van der Waals surface area contributed by atoms with Crippen molar-refractivity contribution in [1.29, 1.82) is 0 Å². The summed E-state index contributed by atoms with van der Waals surface area (Å²) in [6.07, 6.45) is 4.07. The van der Waals surface area contributed by atoms with E-state index in [1.54, 1.807) is 23.1 Å². The molecule has 2 amide bonds. The quantitative estimate of drug-likeness (QED) is 0.620. The summed E-state index contributed by atoms with van der Waals surface area (Å²) >= 11 is 0. The van der Waals surface area contributed by atoms with Crippen molar-refractivity contribution in [3.63, 3.8) is 0 Å². The van der Waals surface area contributed by atoms with Crippen LogP contribution in [0.2, 0.25) is 0 Å². The number of carbonyl (C=O) groups is 2. The molecule has 3 aromatic rings. The fourth-order valence-electron chi connectivity index (χ4n) is 4.12. The number of likely N-dealkylation sites (N-methyl/N-ethyl adjacent to an activating group) is 1. The van der Waals surface area contributed by atoms with Crippen molar-refractivity contribution >= 4 is 11.8 Å². The molecule has 6 nitrogen and oxygen atoms in total. The lowest BCUT2D eigenvalue weighted by Crippen LogP contribution is -2.39. The number of carbonyl (C=O) groups excluding carboxylic acids is 2. The molecule has 31 heavy (non-hydrogen) atoms. The van der Waals surface area contributed by atoms with Crippen LogP contribution >= 0.6 is 0 Å². The normalized spacial score (nSPS) is 16.9. The maximum atomic E-state index is 13.1. The maximum Gasteiger partial charge on any atom is 0.244 e. The Morgan fingerprint density at radius 1 is 1.00 bits per heavy atom. The minimum absolute atomic E-state index is 0.00104. The minimum atomic E-state index is -0.244. The van der Waals surface area contributed by atoms with Gasteiger partial charge in [0.1, 0.15) is 6.54 Å². The lowest BCUT2D eigenvalue weighted by molar-refractivity contribution is -0.135. The van der Waals surface area contributed by atoms with Gasteiger partial charge in [0, 0.05) is 38.6 Å². The fraction of sp³-hybridized carbons (Fsp3) is 0.320. The Hall–Kier alpha value is -3.41. The first kappa shape index (κ1) is 20.8. The number of hydrogen-bond acceptors (Lipinski definition) is 3. The van der Waals surface area contributed by atoms with Gasteiger partial charge in [-0.1, -0.05) is 54.6 Å². The van der Waals surface area contributed by atoms with Crippen LogP contribution in [-0.2, 0) is 22.6 Å². The molecule has 0 bridgehead atoms. The number of amides is 2. The fourth-order valence-corrected chi connectivity index (χ4v) is 4.12. The minimum Gasteiger partial charge on any atom is -0.341 e. The number of hydrogen-bond donors (Lipinski definition) is 0. The molecule has 2 heterocycles. The van der Waals surface area contributed by atoms with Gasteiger partial charge in [0.05, 0.1) is 5.92 Å². The predicted octanol–water partition coefficient (Wildman–Crippen LogP) is 3.10. The van der Waals surface area contributed by atoms with Gasteiger partial charge in [0.2, 0.25) is 11.8 Å². The van der Waals surface area contributed by atoms with E-state index >= 15 is 0 Å². The molecule has 160 valence electrons. The molecule has 1 atom stereocenters. The van der Waals surface area contributed by atoms with Gasteiger partial charge in [-0.3, -0.25) is 14.3 Å². The molecule has 1 fully saturated rings. The van der Waals surface area contributed by atoms with Gasteiger partial charge in [-0.2, -0.15) is 5.10 Å². The standard InChI is InChI=1S/C25H28N4O2/c1-2-27-15-16-28(24(30)19-29-14-6-13-26-29)18-23(25(27)31)17-20-9-11-22(12-10-20)21-7-4-3-5-8-21/h3-14,23H,2,15-19H2,1H3/t23-/m1/s1. The molecule has 0 unspecified atom stereocenters. The van der Waals surface area contributed by atoms with E-state index in [-0.39, 0.29) is 24.3 Å². The number of nitrogens with zero attached hydrogens (tertiary/aromatic N) is 4. The van der Waals surface area contributed by atoms with Crippen LogP contribution in [0.4, 0.5) is 0 Å². The summed E-state index contributed by atoms with van der Waals surface area (Å²) in [7, 11) is 0. The van der Waals surface area contributed by atoms with Crippen molar-refractivity contribution < 1.29 is 9.59 Å². The molecule has 0 spiro atoms. The molecule has 0 saturated carbocycles. The maximum absolute atomic E-state index is 13.1. The van der Waals surface area contributed by atoms with Gasteiger partial charge in [-0.15, -0.1) is 0 Å². The van der Waals surface area contributed by atoms with E-state index in [1.165, 1.54) is 5.56 Å². The van der Waals surface area contributed by atoms with Crippen LogP contribution in [-0.4, -0.2) is 57.6 Å². The predicted molar refractivity (Wildman–Crippen MR) is 120 cm³/mol. The Bertz CT molecular complexity index is 1000. The molecular weight excluding hydrogens is 388 g/mol. The molecule has 1 aliphatic rings. The molecule has 2 aromatic carbocycles. The van der Waals surface area contributed by atoms with Gasteiger partial charge < -0.3 is 9.80 Å². The first-order valence-electron chi connectivity index (χ1n) is 10.8. The van der Waals surface area contributed by atoms with Crippen LogP contribution in [0, 0.1) is 5.92 Å². The first-order chi connectivity index (χ1) is 15.1. The van der Waals surface area contributed by atoms with Crippen LogP contribution in [0.1, 0.15) is 12.5 Å². The second-order valence-electron chi connectivity index (χ2n) is 7.93. The highest BCUT2D eigenvalue weighted by atomic mass is 16.2. The highest BCUT2D eigenvalue weighted by molar-refractivity contribution is 5.82. The SMILES string of the molecule is CCN1CCN(C(=O)Cn2cccn2)C[C@@H](Cc2ccc(-c3ccccc3)cc2)C1=O. The van der Waals surface area contributed by atoms with E-state index in [0.717, 1.165) is 11.1 Å². The van der Waals surface area contributed by atoms with Gasteiger partial charge in [-0.05, 0) is 36.1 Å². The Balaban J connectivity index is 1.48. The molecule has 1 saturated heterocycles. The topological polar surface area (TPSA) is 58.4 Å². The largest absolute Gasteiger partial charge is 0.341 e. The van der Waals surface area contributed by atoms with Crippen molar-refractivity contribution in [2.24, 2.45) is 5.92 Å². The highest BCUT2D eigenvalue weighted by Gasteiger charge is 2.31. The van der Waals surface area contributed by atoms with Gasteiger partial charge >= 0.3 is 0 Å². The van der Waals surface area contributed by atoms with Gasteiger partial charge in [0.25, 0.3) is 0 Å². The Morgan fingerprint density at radius 2 is 1.74 bits per heavy atom. The van der Waals surface area contributed by atoms with Gasteiger partial charge in [-0.25, -0.2) is 0 Å². The molecule has 6 heteroatoms. The summed E-state index contributed by atoms with van der Waals surface area (Å²) in [6.45, 7) is 4.42. The average Bonchev–Trinajstić information content (AvgIpc) is 3.26. The van der Waals surface area contributed by atoms with Crippen molar-refractivity contribution in [3.05, 3.63) is 78.6 Å². The van der Waals surface area contributed by atoms with Crippen LogP contribution in [0.5, 0.6) is 0 Å². The highest BCUT2D eigenvalue weighted by Crippen LogP contribution is 2.22. The van der Waals surface area contributed by atoms with E-state index in [9.17, 15) is 9.59 Å². The van der Waals surface area contributed by atoms with Crippen LogP contribution in [0.3, 0.4) is 0 Å². The zero-order chi connectivity index (χ0) is 21.6. The summed E-state index contributed by atoms with van der Waals surface area (Å²) in [5.74, 6) is -0.116. The van der Waals surface area contributed by atoms with E-state index in [2.05, 4.69) is 41.5 Å². The molecule has 1 aromatic heterocycles. The zero-order valence-corrected chi connectivity index (χ0v) is 17.9. The second kappa shape index (κ2) is 9.60. The first-order valence-corrected chi connectivity index (χ1v) is 10.8. The number of benzene rings is 2. The monoisotopic (exact) mass is 416 g/mol. The van der Waals surface area contributed by atoms with Crippen molar-refractivity contribution in [2.45, 2.75) is 19.9 Å². The van der Waals surface area contributed by atoms with Gasteiger partial charge in [0.15, 0.2) is 0 Å². The third-order valence-electron chi connectivity index (χ3n) is 5.88. The summed E-state index contributed by atoms with van der Waals surface area (Å²) < 4.78 is 1.63. The van der Waals surface area contributed by atoms with Crippen molar-refractivity contribution in [2.75, 3.05) is 26.2 Å². The number of rotatable bonds is 6. The van der Waals surface area contributed by atoms with Crippen molar-refractivity contribution in [3.8, 4) is 11.1 Å². The summed E-state index contributed by atoms with van der Waals surface area (Å²) in [4.78, 5) is 29.7. The molecule has 0 aliphatic carbocycles. The van der Waals surface area contributed by atoms with Crippen LogP contribution < -0.4 is 0 Å². The molecular formula is C25H28N4O2.